The molecule has 0 aliphatic heterocycles. The Morgan fingerprint density at radius 1 is 0.969 bits per heavy atom. The number of nitro groups is 1. The average Bonchev–Trinajstić information content (AvgIpc) is 2.80. The molecule has 3 aromatic rings. The maximum Gasteiger partial charge on any atom is 0.326 e. The van der Waals surface area contributed by atoms with Crippen LogP contribution in [0.3, 0.4) is 0 Å². The first kappa shape index (κ1) is 22.4. The zero-order chi connectivity index (χ0) is 22.9. The highest BCUT2D eigenvalue weighted by molar-refractivity contribution is 6.01. The third-order valence-electron chi connectivity index (χ3n) is 4.57. The molecule has 0 heterocycles. The van der Waals surface area contributed by atoms with Crippen LogP contribution in [0.1, 0.15) is 16.8 Å². The molecule has 0 radical (unpaired) electrons. The van der Waals surface area contributed by atoms with Gasteiger partial charge in [0, 0.05) is 42.2 Å². The minimum atomic E-state index is -0.567. The normalized spacial score (nSPS) is 10.3. The van der Waals surface area contributed by atoms with Crippen LogP contribution >= 0.6 is 0 Å². The van der Waals surface area contributed by atoms with Gasteiger partial charge in [0.1, 0.15) is 5.82 Å². The summed E-state index contributed by atoms with van der Waals surface area (Å²) in [5.41, 5.74) is 1.13. The molecule has 32 heavy (non-hydrogen) atoms. The number of benzene rings is 3. The van der Waals surface area contributed by atoms with Crippen molar-refractivity contribution in [2.24, 2.45) is 0 Å². The smallest absolute Gasteiger partial charge is 0.326 e. The first-order valence-corrected chi connectivity index (χ1v) is 9.86. The van der Waals surface area contributed by atoms with E-state index in [0.717, 1.165) is 0 Å². The number of non-ortho nitro benzene ring substituents is 1. The fourth-order valence-corrected chi connectivity index (χ4v) is 2.98. The Morgan fingerprint density at radius 2 is 1.69 bits per heavy atom. The van der Waals surface area contributed by atoms with Crippen LogP contribution in [0.4, 0.5) is 26.2 Å². The van der Waals surface area contributed by atoms with Crippen LogP contribution < -0.4 is 15.5 Å². The lowest BCUT2D eigenvalue weighted by molar-refractivity contribution is -0.384. The molecule has 164 valence electrons. The fraction of sp³-hybridized carbons (Fsp3) is 0.130. The molecule has 2 N–H and O–H groups in total. The predicted octanol–water partition coefficient (Wildman–Crippen LogP) is 4.59. The second-order valence-electron chi connectivity index (χ2n) is 6.84. The van der Waals surface area contributed by atoms with E-state index >= 15 is 0 Å². The van der Waals surface area contributed by atoms with Gasteiger partial charge in [0.05, 0.1) is 4.92 Å². The number of rotatable bonds is 8. The molecule has 0 bridgehead atoms. The zero-order valence-electron chi connectivity index (χ0n) is 17.0. The van der Waals surface area contributed by atoms with Gasteiger partial charge in [-0.3, -0.25) is 19.8 Å². The highest BCUT2D eigenvalue weighted by atomic mass is 19.1. The second-order valence-corrected chi connectivity index (χ2v) is 6.84. The molecule has 0 aliphatic rings. The number of nitro benzene ring substituents is 1. The van der Waals surface area contributed by atoms with Gasteiger partial charge in [-0.1, -0.05) is 24.3 Å². The van der Waals surface area contributed by atoms with Crippen molar-refractivity contribution in [3.8, 4) is 0 Å². The van der Waals surface area contributed by atoms with Crippen LogP contribution in [0.2, 0.25) is 0 Å². The van der Waals surface area contributed by atoms with E-state index in [1.807, 2.05) is 6.07 Å². The molecule has 0 aromatic heterocycles. The highest BCUT2D eigenvalue weighted by Gasteiger charge is 2.16. The average molecular weight is 436 g/mol. The number of nitrogens with zero attached hydrogens (tertiary/aromatic N) is 2. The largest absolute Gasteiger partial charge is 0.352 e. The molecule has 0 spiro atoms. The van der Waals surface area contributed by atoms with E-state index in [9.17, 15) is 24.1 Å². The monoisotopic (exact) mass is 436 g/mol. The maximum atomic E-state index is 13.3. The molecule has 0 atom stereocenters. The van der Waals surface area contributed by atoms with Crippen molar-refractivity contribution in [2.75, 3.05) is 23.3 Å². The van der Waals surface area contributed by atoms with E-state index in [1.165, 1.54) is 53.4 Å². The van der Waals surface area contributed by atoms with Crippen molar-refractivity contribution in [3.63, 3.8) is 0 Å². The van der Waals surface area contributed by atoms with Crippen LogP contribution in [-0.4, -0.2) is 30.0 Å². The summed E-state index contributed by atoms with van der Waals surface area (Å²) in [7, 11) is 0. The van der Waals surface area contributed by atoms with Gasteiger partial charge in [0.25, 0.3) is 11.6 Å². The van der Waals surface area contributed by atoms with Crippen molar-refractivity contribution in [3.05, 3.63) is 100 Å². The standard InChI is InChI=1S/C23H21FN4O4/c24-18-10-12-20(13-11-18)27(23(30)26-19-7-2-1-3-8-19)15-5-14-25-22(29)17-6-4-9-21(16-17)28(31)32/h1-4,6-13,16H,5,14-15H2,(H,25,29)(H,26,30). The summed E-state index contributed by atoms with van der Waals surface area (Å²) in [5.74, 6) is -0.864. The molecule has 3 aromatic carbocycles. The number of hydrogen-bond acceptors (Lipinski definition) is 4. The van der Waals surface area contributed by atoms with Crippen LogP contribution in [0.5, 0.6) is 0 Å². The molecular weight excluding hydrogens is 415 g/mol. The van der Waals surface area contributed by atoms with Gasteiger partial charge in [-0.25, -0.2) is 9.18 Å². The summed E-state index contributed by atoms with van der Waals surface area (Å²) < 4.78 is 13.3. The van der Waals surface area contributed by atoms with Crippen LogP contribution in [-0.2, 0) is 0 Å². The molecular formula is C23H21FN4O4. The Balaban J connectivity index is 1.61. The molecule has 3 rings (SSSR count). The van der Waals surface area contributed by atoms with Gasteiger partial charge >= 0.3 is 6.03 Å². The second kappa shape index (κ2) is 10.7. The maximum absolute atomic E-state index is 13.3. The molecule has 8 nitrogen and oxygen atoms in total. The van der Waals surface area contributed by atoms with E-state index < -0.39 is 22.7 Å². The first-order valence-electron chi connectivity index (χ1n) is 9.86. The summed E-state index contributed by atoms with van der Waals surface area (Å²) in [6, 6.07) is 19.5. The minimum Gasteiger partial charge on any atom is -0.352 e. The molecule has 9 heteroatoms. The lowest BCUT2D eigenvalue weighted by atomic mass is 10.2. The lowest BCUT2D eigenvalue weighted by Crippen LogP contribution is -2.37. The van der Waals surface area contributed by atoms with Crippen molar-refractivity contribution in [1.29, 1.82) is 0 Å². The van der Waals surface area contributed by atoms with E-state index in [4.69, 9.17) is 0 Å². The molecule has 0 unspecified atom stereocenters. The molecule has 0 saturated carbocycles. The number of anilines is 2. The van der Waals surface area contributed by atoms with E-state index in [2.05, 4.69) is 10.6 Å². The predicted molar refractivity (Wildman–Crippen MR) is 119 cm³/mol. The van der Waals surface area contributed by atoms with Crippen molar-refractivity contribution in [1.82, 2.24) is 5.32 Å². The van der Waals surface area contributed by atoms with Gasteiger partial charge in [0.2, 0.25) is 0 Å². The number of amides is 3. The van der Waals surface area contributed by atoms with Crippen molar-refractivity contribution >= 4 is 29.0 Å². The van der Waals surface area contributed by atoms with Crippen LogP contribution in [0.25, 0.3) is 0 Å². The minimum absolute atomic E-state index is 0.169. The third-order valence-corrected chi connectivity index (χ3v) is 4.57. The lowest BCUT2D eigenvalue weighted by Gasteiger charge is -2.23. The summed E-state index contributed by atoms with van der Waals surface area (Å²) in [6.07, 6.45) is 0.403. The Bertz CT molecular complexity index is 1090. The van der Waals surface area contributed by atoms with Gasteiger partial charge < -0.3 is 10.6 Å². The van der Waals surface area contributed by atoms with E-state index in [0.29, 0.717) is 17.8 Å². The van der Waals surface area contributed by atoms with E-state index in [-0.39, 0.29) is 24.3 Å². The number of hydrogen-bond donors (Lipinski definition) is 2. The number of para-hydroxylation sites is 1. The topological polar surface area (TPSA) is 105 Å². The van der Waals surface area contributed by atoms with Crippen molar-refractivity contribution < 1.29 is 18.9 Å². The molecule has 0 saturated heterocycles. The van der Waals surface area contributed by atoms with Gasteiger partial charge in [-0.2, -0.15) is 0 Å². The fourth-order valence-electron chi connectivity index (χ4n) is 2.98. The van der Waals surface area contributed by atoms with Crippen LogP contribution in [0.15, 0.2) is 78.9 Å². The van der Waals surface area contributed by atoms with Crippen molar-refractivity contribution in [2.45, 2.75) is 6.42 Å². The van der Waals surface area contributed by atoms with Gasteiger partial charge in [-0.15, -0.1) is 0 Å². The first-order chi connectivity index (χ1) is 15.4. The summed E-state index contributed by atoms with van der Waals surface area (Å²) in [5, 5.41) is 16.3. The third kappa shape index (κ3) is 6.11. The van der Waals surface area contributed by atoms with Gasteiger partial charge in [-0.05, 0) is 48.9 Å². The molecule has 3 amide bonds. The Hall–Kier alpha value is -4.27. The van der Waals surface area contributed by atoms with Gasteiger partial charge in [0.15, 0.2) is 0 Å². The summed E-state index contributed by atoms with van der Waals surface area (Å²) in [6.45, 7) is 0.483. The highest BCUT2D eigenvalue weighted by Crippen LogP contribution is 2.18. The Morgan fingerprint density at radius 3 is 2.38 bits per heavy atom. The zero-order valence-corrected chi connectivity index (χ0v) is 17.0. The molecule has 0 fully saturated rings. The number of halogens is 1. The number of carbonyl (C=O) groups excluding carboxylic acids is 2. The molecule has 0 aliphatic carbocycles. The SMILES string of the molecule is O=C(NCCCN(C(=O)Nc1ccccc1)c1ccc(F)cc1)c1cccc([N+](=O)[O-])c1. The van der Waals surface area contributed by atoms with E-state index in [1.54, 1.807) is 24.3 Å². The Labute approximate surface area is 183 Å². The number of nitrogens with one attached hydrogen (secondary N) is 2. The van der Waals surface area contributed by atoms with Crippen LogP contribution in [0, 0.1) is 15.9 Å². The quantitative estimate of drug-likeness (QED) is 0.306. The summed E-state index contributed by atoms with van der Waals surface area (Å²) >= 11 is 0. The number of carbonyl (C=O) groups is 2. The Kier molecular flexibility index (Phi) is 7.47. The summed E-state index contributed by atoms with van der Waals surface area (Å²) in [4.78, 5) is 36.8. The number of urea groups is 1.